The van der Waals surface area contributed by atoms with E-state index in [1.165, 1.54) is 0 Å². The van der Waals surface area contributed by atoms with Crippen molar-refractivity contribution in [3.05, 3.63) is 97.2 Å². The van der Waals surface area contributed by atoms with Crippen molar-refractivity contribution in [1.29, 1.82) is 0 Å². The smallest absolute Gasteiger partial charge is 0.309 e. The largest absolute Gasteiger partial charge is 0.427 e. The van der Waals surface area contributed by atoms with Crippen LogP contribution in [-0.2, 0) is 4.65 Å². The minimum atomic E-state index is -0.935. The van der Waals surface area contributed by atoms with Crippen molar-refractivity contribution in [1.82, 2.24) is 15.0 Å². The van der Waals surface area contributed by atoms with Crippen molar-refractivity contribution < 1.29 is 9.76 Å². The Hall–Kier alpha value is -3.87. The predicted molar refractivity (Wildman–Crippen MR) is 152 cm³/mol. The molecule has 5 rings (SSSR count). The summed E-state index contributed by atoms with van der Waals surface area (Å²) in [7, 11) is 0.423. The van der Waals surface area contributed by atoms with Crippen LogP contribution in [0.4, 0.5) is 0 Å². The van der Waals surface area contributed by atoms with Gasteiger partial charge in [-0.2, -0.15) is 0 Å². The molecule has 3 aromatic carbocycles. The molecule has 0 aliphatic carbocycles. The van der Waals surface area contributed by atoms with Crippen molar-refractivity contribution in [2.75, 3.05) is 0 Å². The van der Waals surface area contributed by atoms with Gasteiger partial charge in [0.25, 0.3) is 0 Å². The second kappa shape index (κ2) is 9.89. The summed E-state index contributed by atoms with van der Waals surface area (Å²) >= 11 is 0. The highest BCUT2D eigenvalue weighted by molar-refractivity contribution is 6.47. The van der Waals surface area contributed by atoms with Crippen LogP contribution in [0.25, 0.3) is 44.8 Å². The van der Waals surface area contributed by atoms with Crippen LogP contribution >= 0.6 is 0 Å². The van der Waals surface area contributed by atoms with Crippen LogP contribution < -0.4 is 5.46 Å². The molecule has 0 radical (unpaired) electrons. The van der Waals surface area contributed by atoms with Crippen molar-refractivity contribution in [3.8, 4) is 33.9 Å². The number of hydrogen-bond acceptors (Lipinski definition) is 5. The molecule has 2 heterocycles. The average Bonchev–Trinajstić information content (AvgIpc) is 2.91. The monoisotopic (exact) mass is 487 g/mol. The first-order valence-electron chi connectivity index (χ1n) is 12.5. The van der Waals surface area contributed by atoms with Gasteiger partial charge in [0, 0.05) is 28.3 Å². The molecule has 184 valence electrons. The lowest BCUT2D eigenvalue weighted by atomic mass is 9.82. The molecule has 0 aliphatic rings. The number of nitrogens with zero attached hydrogens (tertiary/aromatic N) is 3. The molecule has 0 aliphatic heterocycles. The predicted octanol–water partition coefficient (Wildman–Crippen LogP) is 5.57. The van der Waals surface area contributed by atoms with Gasteiger partial charge >= 0.3 is 7.48 Å². The third-order valence-corrected chi connectivity index (χ3v) is 6.99. The maximum atomic E-state index is 10.3. The fourth-order valence-electron chi connectivity index (χ4n) is 3.93. The summed E-state index contributed by atoms with van der Waals surface area (Å²) in [6.45, 7) is 7.32. The third kappa shape index (κ3) is 5.31. The SMILES string of the molecule is CC(C)(O)C(C)(C)OBc1ccc(-c2ccc(-c3nc(-c4ccccc4)c4ccccc4n3)cn2)cc1. The Morgan fingerprint density at radius 3 is 2.05 bits per heavy atom. The molecule has 0 fully saturated rings. The number of benzene rings is 3. The van der Waals surface area contributed by atoms with Gasteiger partial charge in [-0.3, -0.25) is 4.98 Å². The van der Waals surface area contributed by atoms with Gasteiger partial charge in [-0.15, -0.1) is 0 Å². The zero-order valence-electron chi connectivity index (χ0n) is 21.6. The number of rotatable bonds is 7. The summed E-state index contributed by atoms with van der Waals surface area (Å²) in [5, 5.41) is 11.3. The van der Waals surface area contributed by atoms with Crippen LogP contribution in [0.2, 0.25) is 0 Å². The van der Waals surface area contributed by atoms with Crippen LogP contribution in [0.1, 0.15) is 27.7 Å². The molecule has 2 aromatic heterocycles. The van der Waals surface area contributed by atoms with Crippen molar-refractivity contribution in [3.63, 3.8) is 0 Å². The molecule has 37 heavy (non-hydrogen) atoms. The Labute approximate surface area is 218 Å². The van der Waals surface area contributed by atoms with Crippen LogP contribution in [-0.4, -0.2) is 38.7 Å². The van der Waals surface area contributed by atoms with Gasteiger partial charge in [-0.1, -0.05) is 78.3 Å². The minimum absolute atomic E-state index is 0.423. The molecule has 0 spiro atoms. The first-order valence-corrected chi connectivity index (χ1v) is 12.5. The average molecular weight is 487 g/mol. The van der Waals surface area contributed by atoms with Crippen molar-refractivity contribution in [2.24, 2.45) is 0 Å². The van der Waals surface area contributed by atoms with Gasteiger partial charge < -0.3 is 9.76 Å². The summed E-state index contributed by atoms with van der Waals surface area (Å²) < 4.78 is 5.98. The van der Waals surface area contributed by atoms with E-state index in [0.717, 1.165) is 44.4 Å². The second-order valence-corrected chi connectivity index (χ2v) is 10.3. The highest BCUT2D eigenvalue weighted by Gasteiger charge is 2.35. The van der Waals surface area contributed by atoms with E-state index in [4.69, 9.17) is 19.6 Å². The molecule has 0 saturated carbocycles. The van der Waals surface area contributed by atoms with Gasteiger partial charge in [-0.25, -0.2) is 9.97 Å². The van der Waals surface area contributed by atoms with Crippen LogP contribution in [0, 0.1) is 0 Å². The summed E-state index contributed by atoms with van der Waals surface area (Å²) in [6, 6.07) is 30.4. The van der Waals surface area contributed by atoms with E-state index >= 15 is 0 Å². The molecule has 0 amide bonds. The van der Waals surface area contributed by atoms with E-state index in [9.17, 15) is 5.11 Å². The lowest BCUT2D eigenvalue weighted by molar-refractivity contribution is -0.0893. The van der Waals surface area contributed by atoms with Crippen LogP contribution in [0.15, 0.2) is 97.2 Å². The molecular formula is C31H30BN3O2. The van der Waals surface area contributed by atoms with Gasteiger partial charge in [0.2, 0.25) is 0 Å². The van der Waals surface area contributed by atoms with E-state index in [0.29, 0.717) is 13.3 Å². The Bertz CT molecular complexity index is 1510. The number of fused-ring (bicyclic) bond motifs is 1. The van der Waals surface area contributed by atoms with Crippen LogP contribution in [0.3, 0.4) is 0 Å². The molecule has 0 unspecified atom stereocenters. The molecule has 0 atom stereocenters. The van der Waals surface area contributed by atoms with Crippen LogP contribution in [0.5, 0.6) is 0 Å². The molecule has 0 bridgehead atoms. The normalized spacial score (nSPS) is 12.0. The molecule has 5 nitrogen and oxygen atoms in total. The topological polar surface area (TPSA) is 68.1 Å². The van der Waals surface area contributed by atoms with Gasteiger partial charge in [0.15, 0.2) is 5.82 Å². The van der Waals surface area contributed by atoms with Gasteiger partial charge in [0.1, 0.15) is 0 Å². The second-order valence-electron chi connectivity index (χ2n) is 10.3. The fourth-order valence-corrected chi connectivity index (χ4v) is 3.93. The number of aromatic nitrogens is 3. The number of pyridine rings is 1. The lowest BCUT2D eigenvalue weighted by Crippen LogP contribution is -2.49. The first-order chi connectivity index (χ1) is 17.7. The highest BCUT2D eigenvalue weighted by atomic mass is 16.5. The van der Waals surface area contributed by atoms with Gasteiger partial charge in [0.05, 0.1) is 28.1 Å². The van der Waals surface area contributed by atoms with E-state index in [1.54, 1.807) is 13.8 Å². The Balaban J connectivity index is 1.39. The standard InChI is InChI=1S/C31H30BN3O2/c1-30(2,36)31(3,4)37-32-24-17-14-21(15-18-24)26-19-16-23(20-33-26)29-34-27-13-9-8-12-25(27)28(35-29)22-10-6-5-7-11-22/h5-20,32,36H,1-4H3. The number of hydrogen-bond donors (Lipinski definition) is 1. The maximum Gasteiger partial charge on any atom is 0.309 e. The lowest BCUT2D eigenvalue weighted by Gasteiger charge is -2.37. The quantitative estimate of drug-likeness (QED) is 0.304. The summed E-state index contributed by atoms with van der Waals surface area (Å²) in [6.07, 6.45) is 1.83. The fraction of sp³-hybridized carbons (Fsp3) is 0.194. The minimum Gasteiger partial charge on any atom is -0.427 e. The van der Waals surface area contributed by atoms with Gasteiger partial charge in [-0.05, 0) is 45.9 Å². The Morgan fingerprint density at radius 1 is 0.703 bits per heavy atom. The van der Waals surface area contributed by atoms with E-state index in [1.807, 2.05) is 92.8 Å². The molecule has 0 saturated heterocycles. The molecule has 6 heteroatoms. The van der Waals surface area contributed by atoms with E-state index in [-0.39, 0.29) is 0 Å². The third-order valence-electron chi connectivity index (χ3n) is 6.99. The van der Waals surface area contributed by atoms with E-state index in [2.05, 4.69) is 18.2 Å². The molecule has 1 N–H and O–H groups in total. The number of para-hydroxylation sites is 1. The maximum absolute atomic E-state index is 10.3. The molecule has 5 aromatic rings. The van der Waals surface area contributed by atoms with Crippen molar-refractivity contribution in [2.45, 2.75) is 38.9 Å². The highest BCUT2D eigenvalue weighted by Crippen LogP contribution is 2.29. The summed E-state index contributed by atoms with van der Waals surface area (Å²) in [4.78, 5) is 14.5. The summed E-state index contributed by atoms with van der Waals surface area (Å²) in [5.41, 5.74) is 5.07. The summed E-state index contributed by atoms with van der Waals surface area (Å²) in [5.74, 6) is 0.651. The number of aliphatic hydroxyl groups is 1. The van der Waals surface area contributed by atoms with E-state index < -0.39 is 11.2 Å². The molecular weight excluding hydrogens is 457 g/mol. The zero-order valence-corrected chi connectivity index (χ0v) is 21.6. The zero-order chi connectivity index (χ0) is 26.0. The first kappa shape index (κ1) is 24.8. The Kier molecular flexibility index (Phi) is 6.63. The Morgan fingerprint density at radius 2 is 1.38 bits per heavy atom. The van der Waals surface area contributed by atoms with Crippen molar-refractivity contribution >= 4 is 23.8 Å².